The van der Waals surface area contributed by atoms with E-state index in [9.17, 15) is 9.59 Å². The van der Waals surface area contributed by atoms with E-state index in [4.69, 9.17) is 0 Å². The smallest absolute Gasteiger partial charge is 0.244 e. The van der Waals surface area contributed by atoms with Crippen LogP contribution in [0.15, 0.2) is 0 Å². The van der Waals surface area contributed by atoms with E-state index < -0.39 is 6.04 Å². The first-order valence-corrected chi connectivity index (χ1v) is 6.54. The molecule has 4 heteroatoms. The summed E-state index contributed by atoms with van der Waals surface area (Å²) < 4.78 is 0. The summed E-state index contributed by atoms with van der Waals surface area (Å²) in [7, 11) is 1.79. The Morgan fingerprint density at radius 2 is 1.94 bits per heavy atom. The van der Waals surface area contributed by atoms with E-state index in [0.717, 1.165) is 25.7 Å². The highest BCUT2D eigenvalue weighted by atomic mass is 16.2. The van der Waals surface area contributed by atoms with Crippen molar-refractivity contribution in [3.63, 3.8) is 0 Å². The summed E-state index contributed by atoms with van der Waals surface area (Å²) >= 11 is 0. The molecule has 0 heterocycles. The topological polar surface area (TPSA) is 49.4 Å². The number of nitrogens with one attached hydrogen (secondary N) is 1. The summed E-state index contributed by atoms with van der Waals surface area (Å²) in [6.07, 6.45) is 3.99. The van der Waals surface area contributed by atoms with Gasteiger partial charge in [0.05, 0.1) is 0 Å². The summed E-state index contributed by atoms with van der Waals surface area (Å²) in [5.41, 5.74) is 0. The van der Waals surface area contributed by atoms with Crippen LogP contribution in [0.5, 0.6) is 0 Å². The molecular formula is C13H24N2O2. The number of hydrogen-bond acceptors (Lipinski definition) is 2. The first-order valence-electron chi connectivity index (χ1n) is 6.54. The molecule has 2 amide bonds. The van der Waals surface area contributed by atoms with E-state index in [1.54, 1.807) is 18.9 Å². The highest BCUT2D eigenvalue weighted by molar-refractivity contribution is 5.88. The van der Waals surface area contributed by atoms with E-state index in [-0.39, 0.29) is 23.8 Å². The Kier molecular flexibility index (Phi) is 4.97. The van der Waals surface area contributed by atoms with Crippen LogP contribution in [-0.2, 0) is 9.59 Å². The molecule has 2 atom stereocenters. The largest absolute Gasteiger partial charge is 0.344 e. The molecule has 0 aromatic carbocycles. The predicted octanol–water partition coefficient (Wildman–Crippen LogP) is 1.55. The Morgan fingerprint density at radius 1 is 1.35 bits per heavy atom. The minimum absolute atomic E-state index is 0.00739. The van der Waals surface area contributed by atoms with Crippen LogP contribution in [0.1, 0.15) is 46.5 Å². The standard InChI is InChI=1S/C13H24N2O2/c1-5-9(2)15(4)13(17)10(3)14-12(16)11-7-6-8-11/h9-11H,5-8H2,1-4H3,(H,14,16)/t9-,10+/m1/s1. The molecule has 0 radical (unpaired) electrons. The van der Waals surface area contributed by atoms with Crippen LogP contribution in [0.3, 0.4) is 0 Å². The molecule has 0 unspecified atom stereocenters. The highest BCUT2D eigenvalue weighted by Crippen LogP contribution is 2.26. The lowest BCUT2D eigenvalue weighted by Gasteiger charge is -2.29. The van der Waals surface area contributed by atoms with Crippen molar-refractivity contribution in [3.8, 4) is 0 Å². The zero-order valence-electron chi connectivity index (χ0n) is 11.3. The van der Waals surface area contributed by atoms with Gasteiger partial charge in [0.2, 0.25) is 11.8 Å². The van der Waals surface area contributed by atoms with Gasteiger partial charge in [-0.2, -0.15) is 0 Å². The van der Waals surface area contributed by atoms with Gasteiger partial charge in [-0.05, 0) is 33.1 Å². The zero-order chi connectivity index (χ0) is 13.0. The third-order valence-corrected chi connectivity index (χ3v) is 3.80. The molecule has 1 saturated carbocycles. The highest BCUT2D eigenvalue weighted by Gasteiger charge is 2.28. The Morgan fingerprint density at radius 3 is 2.35 bits per heavy atom. The number of hydrogen-bond donors (Lipinski definition) is 1. The summed E-state index contributed by atoms with van der Waals surface area (Å²) in [5, 5.41) is 2.81. The first-order chi connectivity index (χ1) is 7.97. The van der Waals surface area contributed by atoms with Gasteiger partial charge in [-0.25, -0.2) is 0 Å². The van der Waals surface area contributed by atoms with Gasteiger partial charge in [-0.1, -0.05) is 13.3 Å². The fourth-order valence-electron chi connectivity index (χ4n) is 1.86. The molecule has 0 spiro atoms. The summed E-state index contributed by atoms with van der Waals surface area (Å²) in [6, 6.07) is -0.201. The predicted molar refractivity (Wildman–Crippen MR) is 67.5 cm³/mol. The molecule has 1 rings (SSSR count). The van der Waals surface area contributed by atoms with Gasteiger partial charge < -0.3 is 10.2 Å². The first kappa shape index (κ1) is 14.0. The Labute approximate surface area is 104 Å². The fourth-order valence-corrected chi connectivity index (χ4v) is 1.86. The van der Waals surface area contributed by atoms with Crippen LogP contribution < -0.4 is 5.32 Å². The van der Waals surface area contributed by atoms with Crippen molar-refractivity contribution in [3.05, 3.63) is 0 Å². The third kappa shape index (κ3) is 3.45. The SMILES string of the molecule is CC[C@@H](C)N(C)C(=O)[C@H](C)NC(=O)C1CCC1. The van der Waals surface area contributed by atoms with Crippen molar-refractivity contribution < 1.29 is 9.59 Å². The summed E-state index contributed by atoms with van der Waals surface area (Å²) in [5.74, 6) is 0.167. The molecule has 1 aliphatic rings. The fraction of sp³-hybridized carbons (Fsp3) is 0.846. The molecule has 1 N–H and O–H groups in total. The van der Waals surface area contributed by atoms with Crippen LogP contribution in [0.25, 0.3) is 0 Å². The second kappa shape index (κ2) is 6.03. The van der Waals surface area contributed by atoms with Crippen LogP contribution in [-0.4, -0.2) is 35.8 Å². The lowest BCUT2D eigenvalue weighted by molar-refractivity contribution is -0.138. The maximum Gasteiger partial charge on any atom is 0.244 e. The number of carbonyl (C=O) groups is 2. The molecule has 0 bridgehead atoms. The number of nitrogens with zero attached hydrogens (tertiary/aromatic N) is 1. The molecule has 0 saturated heterocycles. The average Bonchev–Trinajstić information content (AvgIpc) is 2.23. The van der Waals surface area contributed by atoms with Gasteiger partial charge in [0, 0.05) is 19.0 Å². The summed E-state index contributed by atoms with van der Waals surface area (Å²) in [6.45, 7) is 5.82. The normalized spacial score (nSPS) is 19.1. The number of rotatable bonds is 5. The molecule has 1 aliphatic carbocycles. The third-order valence-electron chi connectivity index (χ3n) is 3.80. The molecule has 0 aromatic rings. The van der Waals surface area contributed by atoms with Crippen LogP contribution >= 0.6 is 0 Å². The molecule has 17 heavy (non-hydrogen) atoms. The minimum Gasteiger partial charge on any atom is -0.344 e. The quantitative estimate of drug-likeness (QED) is 0.792. The van der Waals surface area contributed by atoms with E-state index in [1.165, 1.54) is 0 Å². The van der Waals surface area contributed by atoms with Gasteiger partial charge >= 0.3 is 0 Å². The van der Waals surface area contributed by atoms with E-state index in [2.05, 4.69) is 5.32 Å². The van der Waals surface area contributed by atoms with Crippen LogP contribution in [0, 0.1) is 5.92 Å². The van der Waals surface area contributed by atoms with Crippen molar-refractivity contribution >= 4 is 11.8 Å². The van der Waals surface area contributed by atoms with Gasteiger partial charge in [0.15, 0.2) is 0 Å². The maximum atomic E-state index is 12.0. The molecular weight excluding hydrogens is 216 g/mol. The second-order valence-corrected chi connectivity index (χ2v) is 5.06. The Hall–Kier alpha value is -1.06. The lowest BCUT2D eigenvalue weighted by Crippen LogP contribution is -2.50. The number of likely N-dealkylation sites (N-methyl/N-ethyl adjacent to an activating group) is 1. The van der Waals surface area contributed by atoms with Crippen molar-refractivity contribution in [1.82, 2.24) is 10.2 Å². The van der Waals surface area contributed by atoms with Crippen molar-refractivity contribution in [1.29, 1.82) is 0 Å². The molecule has 98 valence electrons. The number of amides is 2. The van der Waals surface area contributed by atoms with Crippen LogP contribution in [0.2, 0.25) is 0 Å². The van der Waals surface area contributed by atoms with Gasteiger partial charge in [-0.3, -0.25) is 9.59 Å². The van der Waals surface area contributed by atoms with E-state index >= 15 is 0 Å². The zero-order valence-corrected chi connectivity index (χ0v) is 11.3. The monoisotopic (exact) mass is 240 g/mol. The number of carbonyl (C=O) groups excluding carboxylic acids is 2. The minimum atomic E-state index is -0.415. The van der Waals surface area contributed by atoms with Gasteiger partial charge in [0.25, 0.3) is 0 Å². The van der Waals surface area contributed by atoms with Crippen LogP contribution in [0.4, 0.5) is 0 Å². The van der Waals surface area contributed by atoms with E-state index in [1.807, 2.05) is 13.8 Å². The molecule has 0 aliphatic heterocycles. The second-order valence-electron chi connectivity index (χ2n) is 5.06. The summed E-state index contributed by atoms with van der Waals surface area (Å²) in [4.78, 5) is 25.5. The van der Waals surface area contributed by atoms with Crippen molar-refractivity contribution in [2.75, 3.05) is 7.05 Å². The molecule has 0 aromatic heterocycles. The molecule has 1 fully saturated rings. The lowest BCUT2D eigenvalue weighted by atomic mass is 9.84. The average molecular weight is 240 g/mol. The maximum absolute atomic E-state index is 12.0. The molecule has 4 nitrogen and oxygen atoms in total. The van der Waals surface area contributed by atoms with E-state index in [0.29, 0.717) is 0 Å². The van der Waals surface area contributed by atoms with Crippen molar-refractivity contribution in [2.45, 2.75) is 58.5 Å². The van der Waals surface area contributed by atoms with Gasteiger partial charge in [0.1, 0.15) is 6.04 Å². The van der Waals surface area contributed by atoms with Crippen molar-refractivity contribution in [2.24, 2.45) is 5.92 Å². The Balaban J connectivity index is 2.42. The Bertz CT molecular complexity index is 287. The van der Waals surface area contributed by atoms with Gasteiger partial charge in [-0.15, -0.1) is 0 Å².